The molecular weight excluding hydrogens is 354 g/mol. The van der Waals surface area contributed by atoms with E-state index in [0.29, 0.717) is 11.8 Å². The van der Waals surface area contributed by atoms with Crippen molar-refractivity contribution >= 4 is 22.8 Å². The van der Waals surface area contributed by atoms with Crippen LogP contribution >= 0.6 is 0 Å². The van der Waals surface area contributed by atoms with Gasteiger partial charge in [0, 0.05) is 45.8 Å². The van der Waals surface area contributed by atoms with E-state index in [4.69, 9.17) is 0 Å². The molecule has 2 aromatic rings. The highest BCUT2D eigenvalue weighted by Crippen LogP contribution is 2.26. The quantitative estimate of drug-likeness (QED) is 0.807. The number of carbonyl (C=O) groups excluding carboxylic acids is 1. The first kappa shape index (κ1) is 18.9. The van der Waals surface area contributed by atoms with E-state index in [1.54, 1.807) is 17.2 Å². The van der Waals surface area contributed by atoms with E-state index in [1.165, 1.54) is 5.57 Å². The van der Waals surface area contributed by atoms with Gasteiger partial charge in [-0.2, -0.15) is 5.10 Å². The van der Waals surface area contributed by atoms with Gasteiger partial charge in [-0.05, 0) is 37.3 Å². The van der Waals surface area contributed by atoms with Crippen LogP contribution in [0.25, 0.3) is 11.0 Å². The van der Waals surface area contributed by atoms with E-state index in [2.05, 4.69) is 39.3 Å². The lowest BCUT2D eigenvalue weighted by Gasteiger charge is -2.36. The highest BCUT2D eigenvalue weighted by Gasteiger charge is 2.28. The van der Waals surface area contributed by atoms with Crippen LogP contribution < -0.4 is 5.32 Å². The van der Waals surface area contributed by atoms with Gasteiger partial charge in [-0.15, -0.1) is 0 Å². The van der Waals surface area contributed by atoms with E-state index in [9.17, 15) is 4.79 Å². The molecule has 0 aliphatic carbocycles. The topological polar surface area (TPSA) is 79.2 Å². The Kier molecular flexibility index (Phi) is 5.30. The lowest BCUT2D eigenvalue weighted by molar-refractivity contribution is -0.128. The van der Waals surface area contributed by atoms with Crippen molar-refractivity contribution in [3.8, 4) is 0 Å². The molecule has 2 aliphatic rings. The first-order chi connectivity index (χ1) is 13.5. The molecule has 28 heavy (non-hydrogen) atoms. The monoisotopic (exact) mass is 383 g/mol. The number of hydrogen-bond acceptors (Lipinski definition) is 6. The van der Waals surface area contributed by atoms with Gasteiger partial charge in [-0.25, -0.2) is 9.97 Å². The van der Waals surface area contributed by atoms with Crippen molar-refractivity contribution in [2.24, 2.45) is 18.9 Å². The lowest BCUT2D eigenvalue weighted by Crippen LogP contribution is -2.44. The van der Waals surface area contributed by atoms with Crippen LogP contribution in [0.3, 0.4) is 0 Å². The molecule has 1 amide bonds. The van der Waals surface area contributed by atoms with Gasteiger partial charge in [0.15, 0.2) is 5.82 Å². The van der Waals surface area contributed by atoms with Crippen molar-refractivity contribution in [2.75, 3.05) is 45.1 Å². The van der Waals surface area contributed by atoms with Crippen LogP contribution in [0.2, 0.25) is 0 Å². The van der Waals surface area contributed by atoms with Crippen LogP contribution in [-0.2, 0) is 11.8 Å². The van der Waals surface area contributed by atoms with E-state index in [-0.39, 0.29) is 5.91 Å². The first-order valence-corrected chi connectivity index (χ1v) is 10.0. The molecule has 2 aliphatic heterocycles. The number of fused-ring (bicyclic) bond motifs is 1. The maximum Gasteiger partial charge on any atom is 0.246 e. The standard InChI is InChI=1S/C20H29N7O/c1-14-11-27(18(28)8-15-4-6-25(2)12-15)7-5-16(14)9-21-20-19-17(22-13-23-20)10-24-26(19)3/h8,10,13-14,16H,4-7,9,11-12H2,1-3H3,(H,21,22,23)/b15-8-. The van der Waals surface area contributed by atoms with Gasteiger partial charge in [-0.1, -0.05) is 6.92 Å². The summed E-state index contributed by atoms with van der Waals surface area (Å²) < 4.78 is 1.80. The van der Waals surface area contributed by atoms with Crippen molar-refractivity contribution in [3.63, 3.8) is 0 Å². The molecule has 0 saturated carbocycles. The minimum Gasteiger partial charge on any atom is -0.368 e. The fraction of sp³-hybridized carbons (Fsp3) is 0.600. The normalized spacial score (nSPS) is 25.0. The zero-order chi connectivity index (χ0) is 19.7. The molecule has 8 heteroatoms. The van der Waals surface area contributed by atoms with Gasteiger partial charge in [0.25, 0.3) is 0 Å². The van der Waals surface area contributed by atoms with Crippen LogP contribution in [0, 0.1) is 11.8 Å². The Morgan fingerprint density at radius 2 is 2.18 bits per heavy atom. The third-order valence-corrected chi connectivity index (χ3v) is 6.07. The molecule has 2 aromatic heterocycles. The van der Waals surface area contributed by atoms with Crippen LogP contribution in [0.4, 0.5) is 5.82 Å². The molecule has 150 valence electrons. The van der Waals surface area contributed by atoms with Gasteiger partial charge in [0.2, 0.25) is 5.91 Å². The van der Waals surface area contributed by atoms with Gasteiger partial charge in [0.05, 0.1) is 6.20 Å². The average Bonchev–Trinajstić information content (AvgIpc) is 3.26. The predicted octanol–water partition coefficient (Wildman–Crippen LogP) is 1.52. The summed E-state index contributed by atoms with van der Waals surface area (Å²) in [4.78, 5) is 25.6. The summed E-state index contributed by atoms with van der Waals surface area (Å²) in [5, 5.41) is 7.75. The molecule has 0 spiro atoms. The number of anilines is 1. The van der Waals surface area contributed by atoms with E-state index in [1.807, 2.05) is 18.0 Å². The van der Waals surface area contributed by atoms with Crippen molar-refractivity contribution in [1.82, 2.24) is 29.5 Å². The Morgan fingerprint density at radius 3 is 2.93 bits per heavy atom. The Morgan fingerprint density at radius 1 is 1.32 bits per heavy atom. The van der Waals surface area contributed by atoms with Crippen molar-refractivity contribution in [2.45, 2.75) is 19.8 Å². The Bertz CT molecular complexity index is 890. The molecule has 0 bridgehead atoms. The third kappa shape index (κ3) is 3.87. The summed E-state index contributed by atoms with van der Waals surface area (Å²) in [6, 6.07) is 0. The number of aromatic nitrogens is 4. The highest BCUT2D eigenvalue weighted by molar-refractivity contribution is 5.88. The number of carbonyl (C=O) groups is 1. The molecule has 2 unspecified atom stereocenters. The van der Waals surface area contributed by atoms with Crippen molar-refractivity contribution < 1.29 is 4.79 Å². The fourth-order valence-corrected chi connectivity index (χ4v) is 4.28. The molecule has 2 fully saturated rings. The molecule has 4 rings (SSSR count). The zero-order valence-corrected chi connectivity index (χ0v) is 16.9. The molecule has 4 heterocycles. The number of amides is 1. The van der Waals surface area contributed by atoms with Gasteiger partial charge >= 0.3 is 0 Å². The summed E-state index contributed by atoms with van der Waals surface area (Å²) >= 11 is 0. The Hall–Kier alpha value is -2.48. The minimum absolute atomic E-state index is 0.177. The summed E-state index contributed by atoms with van der Waals surface area (Å²) in [6.45, 7) is 6.68. The number of hydrogen-bond donors (Lipinski definition) is 1. The van der Waals surface area contributed by atoms with Crippen molar-refractivity contribution in [1.29, 1.82) is 0 Å². The number of aryl methyl sites for hydroxylation is 1. The number of piperidine rings is 1. The highest BCUT2D eigenvalue weighted by atomic mass is 16.2. The van der Waals surface area contributed by atoms with E-state index >= 15 is 0 Å². The van der Waals surface area contributed by atoms with E-state index < -0.39 is 0 Å². The van der Waals surface area contributed by atoms with Crippen LogP contribution in [0.5, 0.6) is 0 Å². The van der Waals surface area contributed by atoms with Crippen LogP contribution in [0.15, 0.2) is 24.2 Å². The van der Waals surface area contributed by atoms with Crippen LogP contribution in [0.1, 0.15) is 19.8 Å². The molecular formula is C20H29N7O. The second kappa shape index (κ2) is 7.87. The molecule has 0 aromatic carbocycles. The van der Waals surface area contributed by atoms with E-state index in [0.717, 1.165) is 62.4 Å². The molecule has 0 radical (unpaired) electrons. The summed E-state index contributed by atoms with van der Waals surface area (Å²) in [7, 11) is 4.00. The molecule has 2 saturated heterocycles. The summed E-state index contributed by atoms with van der Waals surface area (Å²) in [5.74, 6) is 1.95. The van der Waals surface area contributed by atoms with Gasteiger partial charge in [-0.3, -0.25) is 9.48 Å². The fourth-order valence-electron chi connectivity index (χ4n) is 4.28. The first-order valence-electron chi connectivity index (χ1n) is 10.0. The number of likely N-dealkylation sites (N-methyl/N-ethyl adjacent to an activating group) is 1. The maximum absolute atomic E-state index is 12.6. The molecule has 1 N–H and O–H groups in total. The summed E-state index contributed by atoms with van der Waals surface area (Å²) in [6.07, 6.45) is 7.22. The second-order valence-electron chi connectivity index (χ2n) is 8.21. The molecule has 8 nitrogen and oxygen atoms in total. The third-order valence-electron chi connectivity index (χ3n) is 6.07. The second-order valence-corrected chi connectivity index (χ2v) is 8.21. The Labute approximate surface area is 165 Å². The maximum atomic E-state index is 12.6. The smallest absolute Gasteiger partial charge is 0.246 e. The molecule has 2 atom stereocenters. The Balaban J connectivity index is 1.34. The lowest BCUT2D eigenvalue weighted by atomic mass is 9.86. The zero-order valence-electron chi connectivity index (χ0n) is 16.9. The van der Waals surface area contributed by atoms with Gasteiger partial charge in [0.1, 0.15) is 17.4 Å². The number of nitrogens with zero attached hydrogens (tertiary/aromatic N) is 6. The number of rotatable bonds is 4. The summed E-state index contributed by atoms with van der Waals surface area (Å²) in [5.41, 5.74) is 3.03. The predicted molar refractivity (Wildman–Crippen MR) is 109 cm³/mol. The van der Waals surface area contributed by atoms with Crippen molar-refractivity contribution in [3.05, 3.63) is 24.2 Å². The largest absolute Gasteiger partial charge is 0.368 e. The number of nitrogens with one attached hydrogen (secondary N) is 1. The van der Waals surface area contributed by atoms with Gasteiger partial charge < -0.3 is 15.1 Å². The minimum atomic E-state index is 0.177. The van der Waals surface area contributed by atoms with Crippen LogP contribution in [-0.4, -0.2) is 75.2 Å². The number of likely N-dealkylation sites (tertiary alicyclic amines) is 2. The SMILES string of the molecule is CC1CN(C(=O)/C=C2/CCN(C)C2)CCC1CNc1ncnc2cnn(C)c12. The average molecular weight is 384 g/mol.